The lowest BCUT2D eigenvalue weighted by atomic mass is 10.0. The standard InChI is InChI=1S/C37H38N4O3S/c1-27(36-38-34-11-7-6-10-33(34)37(45)41(36)31-16-18-32(43-2)19-17-31)40(21-20-39-22-24-44-25-23-39)35(42)26-28-12-14-30(15-13-28)29-8-4-3-5-9-29/h3-19,27H,20-26H2,1-2H3. The number of hydrogen-bond acceptors (Lipinski definition) is 6. The number of aromatic nitrogens is 2. The highest BCUT2D eigenvalue weighted by atomic mass is 32.1. The van der Waals surface area contributed by atoms with Crippen molar-refractivity contribution in [2.75, 3.05) is 46.5 Å². The first kappa shape index (κ1) is 30.6. The number of benzene rings is 4. The van der Waals surface area contributed by atoms with Crippen LogP contribution in [0, 0.1) is 4.64 Å². The summed E-state index contributed by atoms with van der Waals surface area (Å²) in [6, 6.07) is 33.9. The third-order valence-corrected chi connectivity index (χ3v) is 8.87. The quantitative estimate of drug-likeness (QED) is 0.159. The summed E-state index contributed by atoms with van der Waals surface area (Å²) in [6.07, 6.45) is 0.291. The van der Waals surface area contributed by atoms with Gasteiger partial charge in [-0.25, -0.2) is 4.98 Å². The van der Waals surface area contributed by atoms with E-state index in [4.69, 9.17) is 26.7 Å². The van der Waals surface area contributed by atoms with Crippen molar-refractivity contribution in [1.29, 1.82) is 0 Å². The minimum Gasteiger partial charge on any atom is -0.497 e. The van der Waals surface area contributed by atoms with E-state index >= 15 is 0 Å². The number of carbonyl (C=O) groups is 1. The summed E-state index contributed by atoms with van der Waals surface area (Å²) in [5.41, 5.74) is 4.94. The first-order valence-electron chi connectivity index (χ1n) is 15.4. The molecule has 0 N–H and O–H groups in total. The van der Waals surface area contributed by atoms with Crippen LogP contribution in [0.1, 0.15) is 24.4 Å². The van der Waals surface area contributed by atoms with Crippen LogP contribution in [0.4, 0.5) is 0 Å². The summed E-state index contributed by atoms with van der Waals surface area (Å²) < 4.78 is 13.6. The minimum absolute atomic E-state index is 0.0466. The highest BCUT2D eigenvalue weighted by Gasteiger charge is 2.27. The average molecular weight is 619 g/mol. The molecule has 0 saturated carbocycles. The largest absolute Gasteiger partial charge is 0.497 e. The maximum Gasteiger partial charge on any atom is 0.227 e. The third kappa shape index (κ3) is 6.99. The Balaban J connectivity index is 1.35. The van der Waals surface area contributed by atoms with Crippen LogP contribution in [-0.2, 0) is 16.0 Å². The molecule has 7 nitrogen and oxygen atoms in total. The van der Waals surface area contributed by atoms with Gasteiger partial charge in [0.05, 0.1) is 38.3 Å². The number of amides is 1. The van der Waals surface area contributed by atoms with E-state index in [2.05, 4.69) is 48.2 Å². The Bertz CT molecular complexity index is 1800. The highest BCUT2D eigenvalue weighted by molar-refractivity contribution is 7.71. The topological polar surface area (TPSA) is 59.8 Å². The highest BCUT2D eigenvalue weighted by Crippen LogP contribution is 2.28. The zero-order valence-corrected chi connectivity index (χ0v) is 26.6. The molecule has 2 heterocycles. The fourth-order valence-corrected chi connectivity index (χ4v) is 6.25. The molecular weight excluding hydrogens is 580 g/mol. The lowest BCUT2D eigenvalue weighted by molar-refractivity contribution is -0.133. The van der Waals surface area contributed by atoms with Crippen LogP contribution in [-0.4, -0.2) is 71.8 Å². The van der Waals surface area contributed by atoms with E-state index in [9.17, 15) is 4.79 Å². The van der Waals surface area contributed by atoms with Crippen LogP contribution < -0.4 is 4.74 Å². The number of rotatable bonds is 10. The minimum atomic E-state index is -0.351. The summed E-state index contributed by atoms with van der Waals surface area (Å²) in [5, 5.41) is 0.893. The van der Waals surface area contributed by atoms with Crippen molar-refractivity contribution in [3.8, 4) is 22.6 Å². The zero-order chi connectivity index (χ0) is 31.2. The SMILES string of the molecule is COc1ccc(-n2c(C(C)N(CCN3CCOCC3)C(=O)Cc3ccc(-c4ccccc4)cc3)nc3ccccc3c2=S)cc1. The Kier molecular flexibility index (Phi) is 9.64. The number of hydrogen-bond donors (Lipinski definition) is 0. The van der Waals surface area contributed by atoms with Gasteiger partial charge in [-0.1, -0.05) is 78.9 Å². The molecule has 8 heteroatoms. The second kappa shape index (κ2) is 14.2. The van der Waals surface area contributed by atoms with Crippen molar-refractivity contribution in [1.82, 2.24) is 19.4 Å². The molecule has 1 aliphatic rings. The summed E-state index contributed by atoms with van der Waals surface area (Å²) in [5.74, 6) is 1.53. The smallest absolute Gasteiger partial charge is 0.227 e. The maximum absolute atomic E-state index is 14.2. The van der Waals surface area contributed by atoms with Crippen molar-refractivity contribution >= 4 is 29.0 Å². The average Bonchev–Trinajstić information content (AvgIpc) is 3.09. The van der Waals surface area contributed by atoms with Gasteiger partial charge >= 0.3 is 0 Å². The number of fused-ring (bicyclic) bond motifs is 1. The molecule has 1 amide bonds. The van der Waals surface area contributed by atoms with E-state index < -0.39 is 0 Å². The molecule has 5 aromatic rings. The summed E-state index contributed by atoms with van der Waals surface area (Å²) in [7, 11) is 1.65. The van der Waals surface area contributed by atoms with Gasteiger partial charge in [0.2, 0.25) is 5.91 Å². The zero-order valence-electron chi connectivity index (χ0n) is 25.8. The second-order valence-electron chi connectivity index (χ2n) is 11.3. The van der Waals surface area contributed by atoms with Gasteiger partial charge in [0.15, 0.2) is 0 Å². The molecule has 6 rings (SSSR count). The van der Waals surface area contributed by atoms with Gasteiger partial charge in [0.25, 0.3) is 0 Å². The van der Waals surface area contributed by atoms with Gasteiger partial charge in [-0.15, -0.1) is 0 Å². The molecule has 4 aromatic carbocycles. The Labute approximate surface area is 269 Å². The van der Waals surface area contributed by atoms with Crippen molar-refractivity contribution in [3.63, 3.8) is 0 Å². The number of carbonyl (C=O) groups excluding carboxylic acids is 1. The van der Waals surface area contributed by atoms with E-state index in [1.54, 1.807) is 7.11 Å². The fraction of sp³-hybridized carbons (Fsp3) is 0.270. The van der Waals surface area contributed by atoms with Gasteiger partial charge in [-0.3, -0.25) is 14.3 Å². The molecule has 1 aromatic heterocycles. The Hall–Kier alpha value is -4.37. The number of methoxy groups -OCH3 is 1. The predicted octanol–water partition coefficient (Wildman–Crippen LogP) is 6.90. The predicted molar refractivity (Wildman–Crippen MR) is 181 cm³/mol. The first-order chi connectivity index (χ1) is 22.0. The number of nitrogens with zero attached hydrogens (tertiary/aromatic N) is 4. The Morgan fingerprint density at radius 2 is 1.58 bits per heavy atom. The van der Waals surface area contributed by atoms with Gasteiger partial charge < -0.3 is 14.4 Å². The van der Waals surface area contributed by atoms with Crippen LogP contribution in [0.25, 0.3) is 27.7 Å². The number of para-hydroxylation sites is 1. The summed E-state index contributed by atoms with van der Waals surface area (Å²) >= 11 is 6.09. The number of morpholine rings is 1. The molecule has 0 bridgehead atoms. The molecule has 1 fully saturated rings. The van der Waals surface area contributed by atoms with Crippen LogP contribution in [0.2, 0.25) is 0 Å². The molecular formula is C37H38N4O3S. The number of ether oxygens (including phenoxy) is 2. The lowest BCUT2D eigenvalue weighted by Gasteiger charge is -2.34. The van der Waals surface area contributed by atoms with Gasteiger partial charge in [-0.05, 0) is 60.0 Å². The van der Waals surface area contributed by atoms with Crippen LogP contribution >= 0.6 is 12.2 Å². The van der Waals surface area contributed by atoms with E-state index in [0.717, 1.165) is 64.5 Å². The normalized spacial score (nSPS) is 14.3. The third-order valence-electron chi connectivity index (χ3n) is 8.47. The van der Waals surface area contributed by atoms with Crippen molar-refractivity contribution in [2.24, 2.45) is 0 Å². The molecule has 0 spiro atoms. The molecule has 1 saturated heterocycles. The molecule has 0 aliphatic carbocycles. The van der Waals surface area contributed by atoms with Gasteiger partial charge in [0, 0.05) is 37.3 Å². The molecule has 1 atom stereocenters. The van der Waals surface area contributed by atoms with Crippen molar-refractivity contribution < 1.29 is 14.3 Å². The van der Waals surface area contributed by atoms with E-state index in [0.29, 0.717) is 30.8 Å². The Morgan fingerprint density at radius 1 is 0.911 bits per heavy atom. The van der Waals surface area contributed by atoms with Crippen LogP contribution in [0.3, 0.4) is 0 Å². The lowest BCUT2D eigenvalue weighted by Crippen LogP contribution is -2.44. The molecule has 230 valence electrons. The molecule has 1 unspecified atom stereocenters. The van der Waals surface area contributed by atoms with Crippen LogP contribution in [0.5, 0.6) is 5.75 Å². The summed E-state index contributed by atoms with van der Waals surface area (Å²) in [6.45, 7) is 6.50. The molecule has 45 heavy (non-hydrogen) atoms. The molecule has 1 aliphatic heterocycles. The molecule has 0 radical (unpaired) electrons. The van der Waals surface area contributed by atoms with Gasteiger partial charge in [0.1, 0.15) is 16.2 Å². The fourth-order valence-electron chi connectivity index (χ4n) is 5.88. The summed E-state index contributed by atoms with van der Waals surface area (Å²) in [4.78, 5) is 23.7. The second-order valence-corrected chi connectivity index (χ2v) is 11.7. The van der Waals surface area contributed by atoms with E-state index in [-0.39, 0.29) is 11.9 Å². The van der Waals surface area contributed by atoms with E-state index in [1.807, 2.05) is 76.2 Å². The first-order valence-corrected chi connectivity index (χ1v) is 15.8. The monoisotopic (exact) mass is 618 g/mol. The Morgan fingerprint density at radius 3 is 2.29 bits per heavy atom. The van der Waals surface area contributed by atoms with E-state index in [1.165, 1.54) is 0 Å². The maximum atomic E-state index is 14.2. The van der Waals surface area contributed by atoms with Crippen molar-refractivity contribution in [2.45, 2.75) is 19.4 Å². The van der Waals surface area contributed by atoms with Gasteiger partial charge in [-0.2, -0.15) is 0 Å². The van der Waals surface area contributed by atoms with Crippen LogP contribution in [0.15, 0.2) is 103 Å². The van der Waals surface area contributed by atoms with Crippen molar-refractivity contribution in [3.05, 3.63) is 119 Å².